The summed E-state index contributed by atoms with van der Waals surface area (Å²) in [5, 5.41) is 2.97. The SMILES string of the molecule is [c]1[c]c2c(cc1)-c1ccccc1[SiH2]2. The molecule has 2 radical (unpaired) electrons. The summed E-state index contributed by atoms with van der Waals surface area (Å²) in [4.78, 5) is 0. The smallest absolute Gasteiger partial charge is 0.0627 e. The van der Waals surface area contributed by atoms with E-state index in [9.17, 15) is 0 Å². The van der Waals surface area contributed by atoms with Crippen LogP contribution < -0.4 is 10.4 Å². The molecule has 0 amide bonds. The van der Waals surface area contributed by atoms with Crippen LogP contribution in [0, 0.1) is 12.1 Å². The standard InChI is InChI=1S/C12H8Si/c1-3-7-11-9(5-1)10-6-2-4-8-12(10)13-11/h1-3,5-7H,13H2. The van der Waals surface area contributed by atoms with Crippen molar-refractivity contribution in [2.75, 3.05) is 0 Å². The lowest BCUT2D eigenvalue weighted by Crippen LogP contribution is -2.20. The molecule has 0 unspecified atom stereocenters. The third-order valence-corrected chi connectivity index (χ3v) is 4.47. The maximum absolute atomic E-state index is 3.23. The molecule has 1 aliphatic heterocycles. The number of rotatable bonds is 0. The lowest BCUT2D eigenvalue weighted by molar-refractivity contribution is 1.69. The van der Waals surface area contributed by atoms with Crippen LogP contribution in [-0.4, -0.2) is 9.52 Å². The number of fused-ring (bicyclic) bond motifs is 3. The topological polar surface area (TPSA) is 0 Å². The predicted molar refractivity (Wildman–Crippen MR) is 57.4 cm³/mol. The molecule has 13 heavy (non-hydrogen) atoms. The summed E-state index contributed by atoms with van der Waals surface area (Å²) in [6.45, 7) is 0. The molecular formula is C12H8Si. The first kappa shape index (κ1) is 7.10. The normalized spacial score (nSPS) is 12.3. The fourth-order valence-electron chi connectivity index (χ4n) is 1.94. The van der Waals surface area contributed by atoms with Gasteiger partial charge in [-0.15, -0.1) is 0 Å². The molecule has 0 aliphatic carbocycles. The van der Waals surface area contributed by atoms with Crippen LogP contribution >= 0.6 is 0 Å². The van der Waals surface area contributed by atoms with E-state index in [4.69, 9.17) is 0 Å². The van der Waals surface area contributed by atoms with Gasteiger partial charge >= 0.3 is 0 Å². The van der Waals surface area contributed by atoms with E-state index in [1.807, 2.05) is 6.07 Å². The molecule has 0 fully saturated rings. The van der Waals surface area contributed by atoms with E-state index in [2.05, 4.69) is 42.5 Å². The Labute approximate surface area is 80.1 Å². The lowest BCUT2D eigenvalue weighted by atomic mass is 10.1. The van der Waals surface area contributed by atoms with Crippen LogP contribution in [0.4, 0.5) is 0 Å². The Morgan fingerprint density at radius 2 is 1.92 bits per heavy atom. The maximum atomic E-state index is 3.23. The molecule has 0 spiro atoms. The Morgan fingerprint density at radius 1 is 1.00 bits per heavy atom. The average Bonchev–Trinajstić information content (AvgIpc) is 2.56. The van der Waals surface area contributed by atoms with Gasteiger partial charge in [-0.2, -0.15) is 0 Å². The zero-order valence-corrected chi connectivity index (χ0v) is 8.59. The summed E-state index contributed by atoms with van der Waals surface area (Å²) in [7, 11) is -0.247. The summed E-state index contributed by atoms with van der Waals surface area (Å²) in [6.07, 6.45) is 0. The lowest BCUT2D eigenvalue weighted by Gasteiger charge is -1.98. The Kier molecular flexibility index (Phi) is 1.40. The Morgan fingerprint density at radius 3 is 2.92 bits per heavy atom. The third kappa shape index (κ3) is 0.973. The first-order valence-electron chi connectivity index (χ1n) is 4.45. The van der Waals surface area contributed by atoms with E-state index in [1.165, 1.54) is 16.3 Å². The summed E-state index contributed by atoms with van der Waals surface area (Å²) in [5.41, 5.74) is 2.82. The molecule has 2 aromatic rings. The second-order valence-corrected chi connectivity index (χ2v) is 5.15. The van der Waals surface area contributed by atoms with E-state index < -0.39 is 0 Å². The largest absolute Gasteiger partial charge is 0.0899 e. The van der Waals surface area contributed by atoms with E-state index in [0.717, 1.165) is 0 Å². The minimum atomic E-state index is -0.247. The average molecular weight is 180 g/mol. The highest BCUT2D eigenvalue weighted by Gasteiger charge is 2.16. The van der Waals surface area contributed by atoms with E-state index in [-0.39, 0.29) is 9.52 Å². The molecule has 0 nitrogen and oxygen atoms in total. The summed E-state index contributed by atoms with van der Waals surface area (Å²) >= 11 is 0. The van der Waals surface area contributed by atoms with Crippen LogP contribution in [0.3, 0.4) is 0 Å². The van der Waals surface area contributed by atoms with Gasteiger partial charge in [-0.3, -0.25) is 0 Å². The highest BCUT2D eigenvalue weighted by Crippen LogP contribution is 2.18. The summed E-state index contributed by atoms with van der Waals surface area (Å²) < 4.78 is 0. The summed E-state index contributed by atoms with van der Waals surface area (Å²) in [5.74, 6) is 0. The Balaban J connectivity index is 2.32. The quantitative estimate of drug-likeness (QED) is 0.439. The monoisotopic (exact) mass is 180 g/mol. The van der Waals surface area contributed by atoms with Crippen LogP contribution in [0.5, 0.6) is 0 Å². The van der Waals surface area contributed by atoms with Gasteiger partial charge in [0.1, 0.15) is 0 Å². The van der Waals surface area contributed by atoms with Crippen molar-refractivity contribution in [2.45, 2.75) is 0 Å². The predicted octanol–water partition coefficient (Wildman–Crippen LogP) is 0.387. The van der Waals surface area contributed by atoms with Crippen molar-refractivity contribution in [1.29, 1.82) is 0 Å². The highest BCUT2D eigenvalue weighted by atomic mass is 28.2. The molecular weight excluding hydrogens is 172 g/mol. The van der Waals surface area contributed by atoms with Crippen molar-refractivity contribution in [3.63, 3.8) is 0 Å². The van der Waals surface area contributed by atoms with Crippen molar-refractivity contribution in [2.24, 2.45) is 0 Å². The van der Waals surface area contributed by atoms with Gasteiger partial charge in [-0.1, -0.05) is 41.6 Å². The Bertz CT molecular complexity index is 417. The molecule has 60 valence electrons. The van der Waals surface area contributed by atoms with Gasteiger partial charge in [0.25, 0.3) is 0 Å². The van der Waals surface area contributed by atoms with Crippen LogP contribution in [0.2, 0.25) is 0 Å². The van der Waals surface area contributed by atoms with Crippen molar-refractivity contribution >= 4 is 19.9 Å². The molecule has 1 heterocycles. The van der Waals surface area contributed by atoms with Gasteiger partial charge in [-0.05, 0) is 28.4 Å². The Hall–Kier alpha value is -1.34. The zero-order chi connectivity index (χ0) is 8.67. The zero-order valence-electron chi connectivity index (χ0n) is 7.17. The van der Waals surface area contributed by atoms with Crippen LogP contribution in [0.15, 0.2) is 36.4 Å². The second kappa shape index (κ2) is 2.57. The molecule has 0 saturated carbocycles. The summed E-state index contributed by atoms with van der Waals surface area (Å²) in [6, 6.07) is 19.1. The van der Waals surface area contributed by atoms with Crippen molar-refractivity contribution in [1.82, 2.24) is 0 Å². The molecule has 2 aromatic carbocycles. The van der Waals surface area contributed by atoms with Crippen molar-refractivity contribution in [3.8, 4) is 11.1 Å². The minimum Gasteiger partial charge on any atom is -0.0627 e. The fraction of sp³-hybridized carbons (Fsp3) is 0. The van der Waals surface area contributed by atoms with Crippen LogP contribution in [0.1, 0.15) is 0 Å². The first-order chi connectivity index (χ1) is 6.45. The number of benzene rings is 2. The molecule has 0 N–H and O–H groups in total. The van der Waals surface area contributed by atoms with Gasteiger partial charge in [-0.25, -0.2) is 0 Å². The molecule has 0 atom stereocenters. The van der Waals surface area contributed by atoms with Gasteiger partial charge in [0.2, 0.25) is 0 Å². The first-order valence-corrected chi connectivity index (χ1v) is 5.86. The number of hydrogen-bond acceptors (Lipinski definition) is 0. The van der Waals surface area contributed by atoms with Crippen molar-refractivity contribution < 1.29 is 0 Å². The van der Waals surface area contributed by atoms with E-state index in [0.29, 0.717) is 0 Å². The highest BCUT2D eigenvalue weighted by molar-refractivity contribution is 6.73. The van der Waals surface area contributed by atoms with Gasteiger partial charge in [0.05, 0.1) is 9.52 Å². The van der Waals surface area contributed by atoms with E-state index in [1.54, 1.807) is 5.19 Å². The van der Waals surface area contributed by atoms with Crippen molar-refractivity contribution in [3.05, 3.63) is 48.5 Å². The molecule has 0 saturated heterocycles. The molecule has 0 aromatic heterocycles. The van der Waals surface area contributed by atoms with Crippen LogP contribution in [0.25, 0.3) is 11.1 Å². The molecule has 1 heteroatoms. The minimum absolute atomic E-state index is 0.247. The fourth-order valence-corrected chi connectivity index (χ4v) is 3.76. The number of hydrogen-bond donors (Lipinski definition) is 0. The third-order valence-electron chi connectivity index (χ3n) is 2.56. The van der Waals surface area contributed by atoms with Gasteiger partial charge < -0.3 is 0 Å². The maximum Gasteiger partial charge on any atom is 0.0899 e. The molecule has 1 aliphatic rings. The molecule has 3 rings (SSSR count). The second-order valence-electron chi connectivity index (χ2n) is 3.33. The van der Waals surface area contributed by atoms with Crippen LogP contribution in [-0.2, 0) is 0 Å². The molecule has 0 bridgehead atoms. The van der Waals surface area contributed by atoms with Gasteiger partial charge in [0.15, 0.2) is 0 Å². The van der Waals surface area contributed by atoms with E-state index >= 15 is 0 Å². The van der Waals surface area contributed by atoms with Gasteiger partial charge in [0, 0.05) is 0 Å².